The molecule has 12 heteroatoms. The van der Waals surface area contributed by atoms with Gasteiger partial charge >= 0.3 is 6.18 Å². The van der Waals surface area contributed by atoms with Gasteiger partial charge in [-0.05, 0) is 35.4 Å². The topological polar surface area (TPSA) is 72.5 Å². The van der Waals surface area contributed by atoms with Crippen LogP contribution in [0.25, 0.3) is 6.08 Å². The van der Waals surface area contributed by atoms with Gasteiger partial charge in [0.1, 0.15) is 5.75 Å². The van der Waals surface area contributed by atoms with E-state index in [0.29, 0.717) is 5.56 Å². The second kappa shape index (κ2) is 9.52. The van der Waals surface area contributed by atoms with E-state index in [1.165, 1.54) is 31.4 Å². The third-order valence-electron chi connectivity index (χ3n) is 4.91. The van der Waals surface area contributed by atoms with E-state index in [1.54, 1.807) is 0 Å². The maximum absolute atomic E-state index is 13.7. The molecule has 1 fully saturated rings. The van der Waals surface area contributed by atoms with Crippen LogP contribution < -0.4 is 10.1 Å². The lowest BCUT2D eigenvalue weighted by Crippen LogP contribution is -2.52. The number of hydrogen-bond donors (Lipinski definition) is 1. The Kier molecular flexibility index (Phi) is 7.30. The van der Waals surface area contributed by atoms with E-state index < -0.39 is 49.7 Å². The summed E-state index contributed by atoms with van der Waals surface area (Å²) in [6, 6.07) is 5.34. The quantitative estimate of drug-likeness (QED) is 0.424. The standard InChI is InChI=1S/C21H17Cl2F4NO4S/c1-32-18-6-11(2-4-14(18)20(29)28-13-9-33(30,31)10-13)3-5-15(21(25,26)27)12-7-16(22)19(24)17(23)8-12/h2-8,13,15H,9-10H2,1H3,(H,28,29). The molecule has 1 atom stereocenters. The Morgan fingerprint density at radius 1 is 1.18 bits per heavy atom. The Bertz CT molecular complexity index is 1180. The summed E-state index contributed by atoms with van der Waals surface area (Å²) in [4.78, 5) is 12.4. The zero-order valence-corrected chi connectivity index (χ0v) is 19.2. The molecule has 2 aromatic rings. The van der Waals surface area contributed by atoms with Gasteiger partial charge in [-0.15, -0.1) is 0 Å². The second-order valence-corrected chi connectivity index (χ2v) is 10.4. The number of ether oxygens (including phenoxy) is 1. The van der Waals surface area contributed by atoms with Crippen LogP contribution in [0.1, 0.15) is 27.4 Å². The van der Waals surface area contributed by atoms with Crippen molar-refractivity contribution in [3.8, 4) is 5.75 Å². The van der Waals surface area contributed by atoms with Crippen LogP contribution in [-0.4, -0.2) is 45.2 Å². The van der Waals surface area contributed by atoms with Crippen molar-refractivity contribution in [3.05, 3.63) is 69.0 Å². The van der Waals surface area contributed by atoms with Crippen molar-refractivity contribution in [2.75, 3.05) is 18.6 Å². The number of benzene rings is 2. The maximum atomic E-state index is 13.7. The van der Waals surface area contributed by atoms with Crippen LogP contribution in [-0.2, 0) is 9.84 Å². The highest BCUT2D eigenvalue weighted by Crippen LogP contribution is 2.39. The number of halogens is 6. The lowest BCUT2D eigenvalue weighted by Gasteiger charge is -2.26. The smallest absolute Gasteiger partial charge is 0.399 e. The number of sulfone groups is 1. The van der Waals surface area contributed by atoms with Gasteiger partial charge in [0.05, 0.1) is 46.2 Å². The molecule has 2 aromatic carbocycles. The number of carbonyl (C=O) groups excluding carboxylic acids is 1. The summed E-state index contributed by atoms with van der Waals surface area (Å²) in [5.41, 5.74) is 0.0557. The van der Waals surface area contributed by atoms with Crippen molar-refractivity contribution in [2.45, 2.75) is 18.1 Å². The predicted molar refractivity (Wildman–Crippen MR) is 117 cm³/mol. The minimum Gasteiger partial charge on any atom is -0.496 e. The summed E-state index contributed by atoms with van der Waals surface area (Å²) in [6.07, 6.45) is -2.69. The maximum Gasteiger partial charge on any atom is 0.399 e. The average molecular weight is 526 g/mol. The fraction of sp³-hybridized carbons (Fsp3) is 0.286. The molecule has 1 aliphatic rings. The summed E-state index contributed by atoms with van der Waals surface area (Å²) >= 11 is 11.3. The van der Waals surface area contributed by atoms with Crippen molar-refractivity contribution < 1.29 is 35.5 Å². The molecule has 3 rings (SSSR count). The molecule has 0 bridgehead atoms. The van der Waals surface area contributed by atoms with Crippen molar-refractivity contribution in [1.29, 1.82) is 0 Å². The zero-order chi connectivity index (χ0) is 24.6. The van der Waals surface area contributed by atoms with Crippen LogP contribution in [0.15, 0.2) is 36.4 Å². The molecule has 0 saturated carbocycles. The first-order chi connectivity index (χ1) is 15.3. The number of hydrogen-bond acceptors (Lipinski definition) is 4. The number of amides is 1. The number of methoxy groups -OCH3 is 1. The fourth-order valence-corrected chi connectivity index (χ4v) is 5.08. The van der Waals surface area contributed by atoms with E-state index in [4.69, 9.17) is 27.9 Å². The van der Waals surface area contributed by atoms with Crippen molar-refractivity contribution in [1.82, 2.24) is 5.32 Å². The molecule has 0 radical (unpaired) electrons. The van der Waals surface area contributed by atoms with E-state index >= 15 is 0 Å². The van der Waals surface area contributed by atoms with Gasteiger partial charge in [0.2, 0.25) is 0 Å². The molecule has 5 nitrogen and oxygen atoms in total. The molecule has 1 amide bonds. The molecule has 1 unspecified atom stereocenters. The minimum absolute atomic E-state index is 0.0910. The van der Waals surface area contributed by atoms with Crippen LogP contribution in [0.5, 0.6) is 5.75 Å². The third-order valence-corrected chi connectivity index (χ3v) is 7.29. The van der Waals surface area contributed by atoms with E-state index in [2.05, 4.69) is 5.32 Å². The first kappa shape index (κ1) is 25.3. The SMILES string of the molecule is COc1cc(C=CC(c2cc(Cl)c(F)c(Cl)c2)C(F)(F)F)ccc1C(=O)NC1CS(=O)(=O)C1. The number of allylic oxidation sites excluding steroid dienone is 1. The molecule has 1 N–H and O–H groups in total. The number of nitrogens with one attached hydrogen (secondary N) is 1. The predicted octanol–water partition coefficient (Wildman–Crippen LogP) is 5.03. The summed E-state index contributed by atoms with van der Waals surface area (Å²) in [5, 5.41) is 1.51. The lowest BCUT2D eigenvalue weighted by atomic mass is 9.96. The van der Waals surface area contributed by atoms with E-state index in [0.717, 1.165) is 18.2 Å². The van der Waals surface area contributed by atoms with E-state index in [9.17, 15) is 30.8 Å². The summed E-state index contributed by atoms with van der Waals surface area (Å²) < 4.78 is 82.2. The van der Waals surface area contributed by atoms with Crippen molar-refractivity contribution >= 4 is 45.0 Å². The zero-order valence-electron chi connectivity index (χ0n) is 16.9. The highest BCUT2D eigenvalue weighted by atomic mass is 35.5. The molecule has 33 heavy (non-hydrogen) atoms. The van der Waals surface area contributed by atoms with E-state index in [1.807, 2.05) is 0 Å². The molecule has 1 saturated heterocycles. The molecule has 1 aliphatic heterocycles. The largest absolute Gasteiger partial charge is 0.496 e. The van der Waals surface area contributed by atoms with Crippen LogP contribution in [0.2, 0.25) is 10.0 Å². The van der Waals surface area contributed by atoms with Gasteiger partial charge in [-0.1, -0.05) is 41.4 Å². The highest BCUT2D eigenvalue weighted by molar-refractivity contribution is 7.92. The Hall–Kier alpha value is -2.30. The third kappa shape index (κ3) is 5.99. The molecular weight excluding hydrogens is 509 g/mol. The van der Waals surface area contributed by atoms with Gasteiger partial charge in [-0.2, -0.15) is 13.2 Å². The van der Waals surface area contributed by atoms with Crippen LogP contribution in [0.3, 0.4) is 0 Å². The molecule has 1 heterocycles. The number of alkyl halides is 3. The second-order valence-electron chi connectivity index (χ2n) is 7.38. The monoisotopic (exact) mass is 525 g/mol. The molecule has 0 spiro atoms. The van der Waals surface area contributed by atoms with Crippen LogP contribution in [0.4, 0.5) is 17.6 Å². The summed E-state index contributed by atoms with van der Waals surface area (Å²) in [7, 11) is -1.84. The number of carbonyl (C=O) groups is 1. The van der Waals surface area contributed by atoms with Crippen LogP contribution >= 0.6 is 23.2 Å². The van der Waals surface area contributed by atoms with Gasteiger partial charge < -0.3 is 10.1 Å². The van der Waals surface area contributed by atoms with Crippen molar-refractivity contribution in [3.63, 3.8) is 0 Å². The molecular formula is C21H17Cl2F4NO4S. The van der Waals surface area contributed by atoms with Gasteiger partial charge in [0.25, 0.3) is 5.91 Å². The minimum atomic E-state index is -4.71. The van der Waals surface area contributed by atoms with Gasteiger partial charge in [0.15, 0.2) is 15.7 Å². The molecule has 0 aromatic heterocycles. The number of rotatable bonds is 6. The normalized spacial score (nSPS) is 16.9. The lowest BCUT2D eigenvalue weighted by molar-refractivity contribution is -0.139. The Labute approximate surface area is 197 Å². The summed E-state index contributed by atoms with van der Waals surface area (Å²) in [5.74, 6) is -3.91. The van der Waals surface area contributed by atoms with Crippen LogP contribution in [0, 0.1) is 5.82 Å². The Morgan fingerprint density at radius 3 is 2.30 bits per heavy atom. The Morgan fingerprint density at radius 2 is 1.79 bits per heavy atom. The van der Waals surface area contributed by atoms with Gasteiger partial charge in [-0.3, -0.25) is 4.79 Å². The molecule has 0 aliphatic carbocycles. The highest BCUT2D eigenvalue weighted by Gasteiger charge is 2.39. The van der Waals surface area contributed by atoms with Gasteiger partial charge in [0, 0.05) is 0 Å². The van der Waals surface area contributed by atoms with Crippen molar-refractivity contribution in [2.24, 2.45) is 0 Å². The van der Waals surface area contributed by atoms with Gasteiger partial charge in [-0.25, -0.2) is 12.8 Å². The van der Waals surface area contributed by atoms with E-state index in [-0.39, 0.29) is 28.4 Å². The first-order valence-corrected chi connectivity index (χ1v) is 12.0. The summed E-state index contributed by atoms with van der Waals surface area (Å²) in [6.45, 7) is 0. The molecule has 178 valence electrons. The average Bonchev–Trinajstić information content (AvgIpc) is 2.69. The first-order valence-electron chi connectivity index (χ1n) is 9.39. The Balaban J connectivity index is 1.85. The fourth-order valence-electron chi connectivity index (χ4n) is 3.28.